The lowest BCUT2D eigenvalue weighted by Gasteiger charge is -2.09. The van der Waals surface area contributed by atoms with Gasteiger partial charge in [0.2, 0.25) is 0 Å². The third-order valence-electron chi connectivity index (χ3n) is 2.30. The van der Waals surface area contributed by atoms with Gasteiger partial charge in [0.1, 0.15) is 10.4 Å². The van der Waals surface area contributed by atoms with E-state index in [0.717, 1.165) is 22.3 Å². The van der Waals surface area contributed by atoms with E-state index in [-0.39, 0.29) is 0 Å². The van der Waals surface area contributed by atoms with Gasteiger partial charge in [-0.1, -0.05) is 23.7 Å². The van der Waals surface area contributed by atoms with E-state index in [9.17, 15) is 5.11 Å². The molecule has 0 aliphatic heterocycles. The molecule has 1 N–H and O–H groups in total. The molecular formula is C10H11BrClN3OS. The molecule has 0 bridgehead atoms. The third-order valence-corrected chi connectivity index (χ3v) is 4.82. The summed E-state index contributed by atoms with van der Waals surface area (Å²) in [4.78, 5) is 0.779. The molecular weight excluding hydrogens is 326 g/mol. The quantitative estimate of drug-likeness (QED) is 0.932. The van der Waals surface area contributed by atoms with Crippen molar-refractivity contribution in [1.82, 2.24) is 15.0 Å². The molecule has 0 aliphatic carbocycles. The first-order valence-electron chi connectivity index (χ1n) is 5.14. The number of aryl methyl sites for hydroxylation is 1. The monoisotopic (exact) mass is 335 g/mol. The van der Waals surface area contributed by atoms with Gasteiger partial charge in [-0.25, -0.2) is 4.68 Å². The van der Waals surface area contributed by atoms with E-state index >= 15 is 0 Å². The molecule has 0 radical (unpaired) electrons. The molecule has 2 heterocycles. The van der Waals surface area contributed by atoms with Crippen LogP contribution in [0.1, 0.15) is 30.0 Å². The second kappa shape index (κ2) is 5.48. The van der Waals surface area contributed by atoms with Gasteiger partial charge >= 0.3 is 0 Å². The Morgan fingerprint density at radius 3 is 3.00 bits per heavy atom. The zero-order valence-electron chi connectivity index (χ0n) is 9.10. The van der Waals surface area contributed by atoms with Gasteiger partial charge in [-0.15, -0.1) is 16.4 Å². The number of aliphatic hydroxyl groups is 1. The van der Waals surface area contributed by atoms with E-state index in [0.29, 0.717) is 10.0 Å². The minimum Gasteiger partial charge on any atom is -0.381 e. The average Bonchev–Trinajstić information content (AvgIpc) is 2.87. The minimum atomic E-state index is -0.731. The van der Waals surface area contributed by atoms with E-state index in [1.165, 1.54) is 11.3 Å². The molecule has 4 nitrogen and oxygen atoms in total. The number of thiophene rings is 1. The maximum absolute atomic E-state index is 10.3. The summed E-state index contributed by atoms with van der Waals surface area (Å²) in [6, 6.07) is 1.82. The molecule has 0 amide bonds. The minimum absolute atomic E-state index is 0.633. The predicted molar refractivity (Wildman–Crippen MR) is 71.4 cm³/mol. The number of nitrogens with zero attached hydrogens (tertiary/aromatic N) is 3. The van der Waals surface area contributed by atoms with Crippen molar-refractivity contribution in [1.29, 1.82) is 0 Å². The average molecular weight is 337 g/mol. The van der Waals surface area contributed by atoms with Gasteiger partial charge in [-0.3, -0.25) is 0 Å². The van der Waals surface area contributed by atoms with Crippen LogP contribution in [0.25, 0.3) is 0 Å². The first-order valence-corrected chi connectivity index (χ1v) is 7.13. The fraction of sp³-hybridized carbons (Fsp3) is 0.400. The van der Waals surface area contributed by atoms with Gasteiger partial charge in [0.15, 0.2) is 0 Å². The SMILES string of the molecule is CCCn1nncc1C(O)c1cc(Br)c(Cl)s1. The number of aliphatic hydroxyl groups excluding tert-OH is 1. The van der Waals surface area contributed by atoms with Crippen molar-refractivity contribution in [2.24, 2.45) is 0 Å². The van der Waals surface area contributed by atoms with Crippen molar-refractivity contribution >= 4 is 38.9 Å². The highest BCUT2D eigenvalue weighted by Crippen LogP contribution is 2.37. The molecule has 2 aromatic rings. The number of rotatable bonds is 4. The second-order valence-electron chi connectivity index (χ2n) is 3.55. The predicted octanol–water partition coefficient (Wildman–Crippen LogP) is 3.25. The molecule has 7 heteroatoms. The Labute approximate surface area is 116 Å². The highest BCUT2D eigenvalue weighted by molar-refractivity contribution is 9.10. The first kappa shape index (κ1) is 13.0. The summed E-state index contributed by atoms with van der Waals surface area (Å²) in [5.74, 6) is 0. The van der Waals surface area contributed by atoms with Crippen molar-refractivity contribution in [2.45, 2.75) is 26.0 Å². The van der Waals surface area contributed by atoms with Crippen molar-refractivity contribution in [3.63, 3.8) is 0 Å². The molecule has 0 saturated carbocycles. The molecule has 0 saturated heterocycles. The number of hydrogen-bond donors (Lipinski definition) is 1. The molecule has 0 fully saturated rings. The molecule has 1 atom stereocenters. The summed E-state index contributed by atoms with van der Waals surface area (Å²) in [6.07, 6.45) is 1.80. The normalized spacial score (nSPS) is 12.9. The molecule has 92 valence electrons. The highest BCUT2D eigenvalue weighted by atomic mass is 79.9. The summed E-state index contributed by atoms with van der Waals surface area (Å²) >= 11 is 10.6. The van der Waals surface area contributed by atoms with Crippen LogP contribution in [0.3, 0.4) is 0 Å². The van der Waals surface area contributed by atoms with Gasteiger partial charge in [0, 0.05) is 15.9 Å². The van der Waals surface area contributed by atoms with E-state index in [2.05, 4.69) is 33.2 Å². The van der Waals surface area contributed by atoms with E-state index < -0.39 is 6.10 Å². The van der Waals surface area contributed by atoms with Crippen LogP contribution in [0.2, 0.25) is 4.34 Å². The largest absolute Gasteiger partial charge is 0.381 e. The fourth-order valence-electron chi connectivity index (χ4n) is 1.51. The topological polar surface area (TPSA) is 50.9 Å². The van der Waals surface area contributed by atoms with Crippen molar-refractivity contribution in [3.8, 4) is 0 Å². The van der Waals surface area contributed by atoms with Gasteiger partial charge in [-0.05, 0) is 28.4 Å². The standard InChI is InChI=1S/C10H11BrClN3OS/c1-2-3-15-7(5-13-14-15)9(16)8-4-6(11)10(12)17-8/h4-5,9,16H,2-3H2,1H3. The van der Waals surface area contributed by atoms with E-state index in [4.69, 9.17) is 11.6 Å². The Hall–Kier alpha value is -0.430. The van der Waals surface area contributed by atoms with Crippen molar-refractivity contribution in [2.75, 3.05) is 0 Å². The lowest BCUT2D eigenvalue weighted by molar-refractivity contribution is 0.211. The van der Waals surface area contributed by atoms with Crippen molar-refractivity contribution < 1.29 is 5.11 Å². The number of halogens is 2. The third kappa shape index (κ3) is 2.70. The van der Waals surface area contributed by atoms with Gasteiger partial charge in [0.05, 0.1) is 11.9 Å². The van der Waals surface area contributed by atoms with E-state index in [1.54, 1.807) is 10.9 Å². The molecule has 0 aliphatic rings. The Kier molecular flexibility index (Phi) is 4.19. The van der Waals surface area contributed by atoms with Crippen LogP contribution >= 0.6 is 38.9 Å². The number of aromatic nitrogens is 3. The molecule has 0 spiro atoms. The first-order chi connectivity index (χ1) is 8.13. The maximum Gasteiger partial charge on any atom is 0.131 e. The van der Waals surface area contributed by atoms with Crippen LogP contribution in [0.5, 0.6) is 0 Å². The summed E-state index contributed by atoms with van der Waals surface area (Å²) in [6.45, 7) is 2.79. The van der Waals surface area contributed by atoms with E-state index in [1.807, 2.05) is 6.07 Å². The molecule has 2 aromatic heterocycles. The Bertz CT molecular complexity index is 494. The van der Waals surface area contributed by atoms with Crippen LogP contribution in [0, 0.1) is 0 Å². The Morgan fingerprint density at radius 2 is 2.41 bits per heavy atom. The van der Waals surface area contributed by atoms with Gasteiger partial charge in [-0.2, -0.15) is 0 Å². The zero-order chi connectivity index (χ0) is 12.4. The van der Waals surface area contributed by atoms with Crippen LogP contribution < -0.4 is 0 Å². The van der Waals surface area contributed by atoms with Crippen LogP contribution in [0.4, 0.5) is 0 Å². The Balaban J connectivity index is 2.29. The zero-order valence-corrected chi connectivity index (χ0v) is 12.3. The Morgan fingerprint density at radius 1 is 1.65 bits per heavy atom. The lowest BCUT2D eigenvalue weighted by atomic mass is 10.2. The maximum atomic E-state index is 10.3. The van der Waals surface area contributed by atoms with Crippen LogP contribution in [0.15, 0.2) is 16.7 Å². The summed E-state index contributed by atoms with van der Waals surface area (Å²) in [7, 11) is 0. The molecule has 17 heavy (non-hydrogen) atoms. The fourth-order valence-corrected chi connectivity index (χ4v) is 3.24. The summed E-state index contributed by atoms with van der Waals surface area (Å²) in [5.41, 5.74) is 0.692. The highest BCUT2D eigenvalue weighted by Gasteiger charge is 2.19. The summed E-state index contributed by atoms with van der Waals surface area (Å²) < 4.78 is 3.15. The molecule has 1 unspecified atom stereocenters. The molecule has 0 aromatic carbocycles. The second-order valence-corrected chi connectivity index (χ2v) is 6.10. The van der Waals surface area contributed by atoms with Crippen LogP contribution in [-0.4, -0.2) is 20.1 Å². The lowest BCUT2D eigenvalue weighted by Crippen LogP contribution is -2.09. The van der Waals surface area contributed by atoms with Crippen molar-refractivity contribution in [3.05, 3.63) is 31.6 Å². The molecule has 2 rings (SSSR count). The van der Waals surface area contributed by atoms with Gasteiger partial charge < -0.3 is 5.11 Å². The number of hydrogen-bond acceptors (Lipinski definition) is 4. The van der Waals surface area contributed by atoms with Crippen LogP contribution in [-0.2, 0) is 6.54 Å². The van der Waals surface area contributed by atoms with Gasteiger partial charge in [0.25, 0.3) is 0 Å². The smallest absolute Gasteiger partial charge is 0.131 e. The summed E-state index contributed by atoms with van der Waals surface area (Å²) in [5, 5.41) is 18.0.